The van der Waals surface area contributed by atoms with Gasteiger partial charge in [-0.2, -0.15) is 0 Å². The molecule has 1 unspecified atom stereocenters. The highest BCUT2D eigenvalue weighted by Crippen LogP contribution is 2.26. The summed E-state index contributed by atoms with van der Waals surface area (Å²) in [5, 5.41) is 3.59. The predicted molar refractivity (Wildman–Crippen MR) is 95.2 cm³/mol. The summed E-state index contributed by atoms with van der Waals surface area (Å²) < 4.78 is 1.44. The molecule has 0 fully saturated rings. The quantitative estimate of drug-likeness (QED) is 0.881. The molecule has 0 bridgehead atoms. The molecule has 1 N–H and O–H groups in total. The van der Waals surface area contributed by atoms with E-state index in [2.05, 4.69) is 24.1 Å². The maximum absolute atomic E-state index is 12.5. The minimum absolute atomic E-state index is 0.104. The van der Waals surface area contributed by atoms with Crippen molar-refractivity contribution < 1.29 is 4.79 Å². The molecule has 1 amide bonds. The van der Waals surface area contributed by atoms with Crippen LogP contribution >= 0.6 is 11.3 Å². The Morgan fingerprint density at radius 1 is 1.35 bits per heavy atom. The highest BCUT2D eigenvalue weighted by Gasteiger charge is 2.20. The second-order valence-corrected chi connectivity index (χ2v) is 7.60. The van der Waals surface area contributed by atoms with E-state index in [-0.39, 0.29) is 17.5 Å². The van der Waals surface area contributed by atoms with E-state index in [1.54, 1.807) is 7.05 Å². The number of aromatic nitrogens is 2. The van der Waals surface area contributed by atoms with Crippen LogP contribution in [0.1, 0.15) is 55.3 Å². The molecule has 0 aromatic carbocycles. The van der Waals surface area contributed by atoms with Crippen LogP contribution in [0.3, 0.4) is 0 Å². The highest BCUT2D eigenvalue weighted by molar-refractivity contribution is 7.20. The first kappa shape index (κ1) is 17.7. The van der Waals surface area contributed by atoms with Crippen molar-refractivity contribution in [3.63, 3.8) is 0 Å². The third-order valence-corrected chi connectivity index (χ3v) is 5.21. The molecule has 1 atom stereocenters. The zero-order valence-corrected chi connectivity index (χ0v) is 15.3. The van der Waals surface area contributed by atoms with Crippen LogP contribution in [0.5, 0.6) is 0 Å². The molecule has 2 rings (SSSR count). The fourth-order valence-electron chi connectivity index (χ4n) is 2.62. The van der Waals surface area contributed by atoms with E-state index >= 15 is 0 Å². The lowest BCUT2D eigenvalue weighted by Crippen LogP contribution is -2.32. The van der Waals surface area contributed by atoms with Crippen molar-refractivity contribution in [3.8, 4) is 0 Å². The van der Waals surface area contributed by atoms with Crippen molar-refractivity contribution in [1.29, 1.82) is 0 Å². The minimum atomic E-state index is -0.107. The number of hydrogen-bond donors (Lipinski definition) is 1. The van der Waals surface area contributed by atoms with E-state index in [4.69, 9.17) is 0 Å². The number of amides is 1. The second kappa shape index (κ2) is 7.25. The first-order valence-corrected chi connectivity index (χ1v) is 8.88. The lowest BCUT2D eigenvalue weighted by molar-refractivity contribution is 0.0941. The van der Waals surface area contributed by atoms with Gasteiger partial charge in [-0.3, -0.25) is 9.59 Å². The summed E-state index contributed by atoms with van der Waals surface area (Å²) in [5.74, 6) is 0.578. The third kappa shape index (κ3) is 3.99. The fraction of sp³-hybridized carbons (Fsp3) is 0.588. The lowest BCUT2D eigenvalue weighted by Gasteiger charge is -2.14. The van der Waals surface area contributed by atoms with E-state index in [0.717, 1.165) is 18.4 Å². The molecular weight excluding hydrogens is 310 g/mol. The van der Waals surface area contributed by atoms with Crippen molar-refractivity contribution in [1.82, 2.24) is 14.9 Å². The predicted octanol–water partition coefficient (Wildman–Crippen LogP) is 3.25. The van der Waals surface area contributed by atoms with Gasteiger partial charge in [0, 0.05) is 13.1 Å². The van der Waals surface area contributed by atoms with Crippen molar-refractivity contribution in [3.05, 3.63) is 27.1 Å². The summed E-state index contributed by atoms with van der Waals surface area (Å²) in [6, 6.07) is 0.127. The Balaban J connectivity index is 2.14. The number of nitrogens with one attached hydrogen (secondary N) is 1. The molecule has 0 saturated carbocycles. The molecule has 5 nitrogen and oxygen atoms in total. The van der Waals surface area contributed by atoms with Gasteiger partial charge in [0.05, 0.1) is 16.6 Å². The number of carbonyl (C=O) groups excluding carboxylic acids is 1. The second-order valence-electron chi connectivity index (χ2n) is 6.60. The molecule has 0 saturated heterocycles. The van der Waals surface area contributed by atoms with Crippen LogP contribution in [0, 0.1) is 12.8 Å². The Kier molecular flexibility index (Phi) is 5.57. The van der Waals surface area contributed by atoms with Crippen LogP contribution in [0.25, 0.3) is 10.2 Å². The van der Waals surface area contributed by atoms with Crippen LogP contribution in [0.4, 0.5) is 0 Å². The van der Waals surface area contributed by atoms with E-state index in [9.17, 15) is 9.59 Å². The first-order chi connectivity index (χ1) is 10.8. The van der Waals surface area contributed by atoms with Gasteiger partial charge in [0.15, 0.2) is 0 Å². The number of thiophene rings is 1. The lowest BCUT2D eigenvalue weighted by atomic mass is 10.0. The van der Waals surface area contributed by atoms with Crippen molar-refractivity contribution >= 4 is 27.5 Å². The van der Waals surface area contributed by atoms with Crippen LogP contribution in [-0.4, -0.2) is 21.5 Å². The van der Waals surface area contributed by atoms with E-state index in [1.165, 1.54) is 28.7 Å². The van der Waals surface area contributed by atoms with Crippen molar-refractivity contribution in [2.75, 3.05) is 0 Å². The number of hydrogen-bond acceptors (Lipinski definition) is 4. The van der Waals surface area contributed by atoms with Gasteiger partial charge in [0.25, 0.3) is 11.5 Å². The molecule has 0 spiro atoms. The van der Waals surface area contributed by atoms with E-state index in [1.807, 2.05) is 13.8 Å². The van der Waals surface area contributed by atoms with Gasteiger partial charge >= 0.3 is 0 Å². The molecule has 6 heteroatoms. The maximum Gasteiger partial charge on any atom is 0.262 e. The van der Waals surface area contributed by atoms with Gasteiger partial charge in [-0.15, -0.1) is 11.3 Å². The Morgan fingerprint density at radius 2 is 2.04 bits per heavy atom. The standard InChI is InChI=1S/C17H25N3O2S/c1-10(2)7-6-8-11(3)19-15(21)14-12(4)13-16(23-14)18-9-20(5)17(13)22/h9-11H,6-8H2,1-5H3,(H,19,21). The Hall–Kier alpha value is -1.69. The van der Waals surface area contributed by atoms with E-state index < -0.39 is 0 Å². The Bertz CT molecular complexity index is 761. The number of rotatable bonds is 6. The Labute approximate surface area is 140 Å². The molecule has 23 heavy (non-hydrogen) atoms. The molecule has 126 valence electrons. The average Bonchev–Trinajstić information content (AvgIpc) is 2.80. The summed E-state index contributed by atoms with van der Waals surface area (Å²) in [6.07, 6.45) is 4.74. The number of aryl methyl sites for hydroxylation is 2. The van der Waals surface area contributed by atoms with Crippen LogP contribution in [-0.2, 0) is 7.05 Å². The number of fused-ring (bicyclic) bond motifs is 1. The summed E-state index contributed by atoms with van der Waals surface area (Å²) in [4.78, 5) is 30.2. The van der Waals surface area contributed by atoms with Gasteiger partial charge < -0.3 is 9.88 Å². The molecule has 0 radical (unpaired) electrons. The van der Waals surface area contributed by atoms with Gasteiger partial charge in [0.1, 0.15) is 4.83 Å². The number of carbonyl (C=O) groups is 1. The summed E-state index contributed by atoms with van der Waals surface area (Å²) >= 11 is 1.29. The summed E-state index contributed by atoms with van der Waals surface area (Å²) in [7, 11) is 1.67. The van der Waals surface area contributed by atoms with Gasteiger partial charge in [0.2, 0.25) is 0 Å². The highest BCUT2D eigenvalue weighted by atomic mass is 32.1. The van der Waals surface area contributed by atoms with Crippen LogP contribution < -0.4 is 10.9 Å². The molecule has 2 aromatic rings. The molecule has 0 aliphatic heterocycles. The zero-order chi connectivity index (χ0) is 17.1. The zero-order valence-electron chi connectivity index (χ0n) is 14.5. The van der Waals surface area contributed by atoms with Gasteiger partial charge in [-0.05, 0) is 31.7 Å². The Morgan fingerprint density at radius 3 is 2.70 bits per heavy atom. The third-order valence-electron chi connectivity index (χ3n) is 4.01. The molecule has 0 aliphatic carbocycles. The topological polar surface area (TPSA) is 64.0 Å². The normalized spacial score (nSPS) is 12.8. The molecule has 2 heterocycles. The van der Waals surface area contributed by atoms with Gasteiger partial charge in [-0.25, -0.2) is 4.98 Å². The van der Waals surface area contributed by atoms with Crippen molar-refractivity contribution in [2.45, 2.75) is 53.0 Å². The summed E-state index contributed by atoms with van der Waals surface area (Å²) in [6.45, 7) is 8.26. The monoisotopic (exact) mass is 335 g/mol. The minimum Gasteiger partial charge on any atom is -0.349 e. The largest absolute Gasteiger partial charge is 0.349 e. The molecule has 0 aliphatic rings. The van der Waals surface area contributed by atoms with Crippen LogP contribution in [0.15, 0.2) is 11.1 Å². The number of nitrogens with zero attached hydrogens (tertiary/aromatic N) is 2. The smallest absolute Gasteiger partial charge is 0.262 e. The first-order valence-electron chi connectivity index (χ1n) is 8.06. The van der Waals surface area contributed by atoms with Crippen molar-refractivity contribution in [2.24, 2.45) is 13.0 Å². The molecule has 2 aromatic heterocycles. The van der Waals surface area contributed by atoms with Gasteiger partial charge in [-0.1, -0.05) is 26.7 Å². The summed E-state index contributed by atoms with van der Waals surface area (Å²) in [5.41, 5.74) is 0.623. The SMILES string of the molecule is Cc1c(C(=O)NC(C)CCCC(C)C)sc2ncn(C)c(=O)c12. The maximum atomic E-state index is 12.5. The van der Waals surface area contributed by atoms with E-state index in [0.29, 0.717) is 21.0 Å². The fourth-order valence-corrected chi connectivity index (χ4v) is 3.66. The molecular formula is C17H25N3O2S. The average molecular weight is 335 g/mol. The van der Waals surface area contributed by atoms with Crippen LogP contribution in [0.2, 0.25) is 0 Å².